The number of rotatable bonds is 4. The second-order valence-electron chi connectivity index (χ2n) is 5.10. The van der Waals surface area contributed by atoms with Crippen molar-refractivity contribution in [1.82, 2.24) is 4.90 Å². The lowest BCUT2D eigenvalue weighted by atomic mass is 10.1. The van der Waals surface area contributed by atoms with E-state index >= 15 is 0 Å². The van der Waals surface area contributed by atoms with E-state index in [1.54, 1.807) is 12.0 Å². The van der Waals surface area contributed by atoms with E-state index in [4.69, 9.17) is 4.74 Å². The minimum absolute atomic E-state index is 0.121. The molecule has 1 N–H and O–H groups in total. The van der Waals surface area contributed by atoms with Gasteiger partial charge in [-0.05, 0) is 52.9 Å². The number of ether oxygens (including phenoxy) is 1. The summed E-state index contributed by atoms with van der Waals surface area (Å²) in [5.74, 6) is 0.912. The zero-order chi connectivity index (χ0) is 14.5. The molecule has 5 heteroatoms. The zero-order valence-corrected chi connectivity index (χ0v) is 13.2. The van der Waals surface area contributed by atoms with Gasteiger partial charge in [0.1, 0.15) is 5.75 Å². The summed E-state index contributed by atoms with van der Waals surface area (Å²) in [4.78, 5) is 13.9. The van der Waals surface area contributed by atoms with Crippen LogP contribution >= 0.6 is 15.9 Å². The first-order valence-electron chi connectivity index (χ1n) is 6.88. The van der Waals surface area contributed by atoms with Crippen LogP contribution in [0.25, 0.3) is 0 Å². The van der Waals surface area contributed by atoms with E-state index in [2.05, 4.69) is 15.9 Å². The number of likely N-dealkylation sites (tertiary alicyclic amines) is 1. The second-order valence-corrected chi connectivity index (χ2v) is 5.96. The molecule has 1 fully saturated rings. The maximum absolute atomic E-state index is 12.1. The van der Waals surface area contributed by atoms with Crippen LogP contribution in [0, 0.1) is 0 Å². The van der Waals surface area contributed by atoms with Gasteiger partial charge in [-0.3, -0.25) is 4.79 Å². The third kappa shape index (κ3) is 3.96. The summed E-state index contributed by atoms with van der Waals surface area (Å²) in [7, 11) is 1.63. The monoisotopic (exact) mass is 341 g/mol. The molecule has 1 saturated heterocycles. The van der Waals surface area contributed by atoms with Crippen molar-refractivity contribution < 1.29 is 14.6 Å². The molecule has 1 aromatic rings. The van der Waals surface area contributed by atoms with Gasteiger partial charge in [0.25, 0.3) is 0 Å². The van der Waals surface area contributed by atoms with Gasteiger partial charge in [0, 0.05) is 19.5 Å². The molecule has 0 aromatic heterocycles. The fourth-order valence-electron chi connectivity index (χ4n) is 2.46. The number of carbonyl (C=O) groups is 1. The standard InChI is InChI=1S/C15H20BrNO3/c1-20-14-6-4-11(9-13(14)16)5-7-15(19)17-8-2-3-12(18)10-17/h4,6,9,12,18H,2-3,5,7-8,10H2,1H3/t12-/m1/s1. The first kappa shape index (κ1) is 15.3. The number of aliphatic hydroxyl groups excluding tert-OH is 1. The summed E-state index contributed by atoms with van der Waals surface area (Å²) >= 11 is 3.45. The smallest absolute Gasteiger partial charge is 0.222 e. The highest BCUT2D eigenvalue weighted by atomic mass is 79.9. The van der Waals surface area contributed by atoms with Crippen molar-refractivity contribution >= 4 is 21.8 Å². The fourth-order valence-corrected chi connectivity index (χ4v) is 3.04. The van der Waals surface area contributed by atoms with Crippen LogP contribution in [0.3, 0.4) is 0 Å². The third-order valence-corrected chi connectivity index (χ3v) is 4.21. The Hall–Kier alpha value is -1.07. The maximum Gasteiger partial charge on any atom is 0.222 e. The molecular weight excluding hydrogens is 322 g/mol. The lowest BCUT2D eigenvalue weighted by Crippen LogP contribution is -2.42. The molecule has 1 atom stereocenters. The van der Waals surface area contributed by atoms with Gasteiger partial charge >= 0.3 is 0 Å². The van der Waals surface area contributed by atoms with Crippen molar-refractivity contribution in [2.75, 3.05) is 20.2 Å². The molecule has 0 radical (unpaired) electrons. The van der Waals surface area contributed by atoms with Gasteiger partial charge in [0.05, 0.1) is 17.7 Å². The Morgan fingerprint density at radius 1 is 1.55 bits per heavy atom. The van der Waals surface area contributed by atoms with Crippen molar-refractivity contribution in [1.29, 1.82) is 0 Å². The average Bonchev–Trinajstić information content (AvgIpc) is 2.45. The summed E-state index contributed by atoms with van der Waals surface area (Å²) < 4.78 is 6.08. The molecule has 0 saturated carbocycles. The Morgan fingerprint density at radius 3 is 3.00 bits per heavy atom. The van der Waals surface area contributed by atoms with E-state index in [9.17, 15) is 9.90 Å². The quantitative estimate of drug-likeness (QED) is 0.914. The molecule has 1 amide bonds. The Bertz CT molecular complexity index is 478. The SMILES string of the molecule is COc1ccc(CCC(=O)N2CCC[C@@H](O)C2)cc1Br. The molecule has 1 heterocycles. The number of carbonyl (C=O) groups excluding carboxylic acids is 1. The number of aliphatic hydroxyl groups is 1. The Labute approximate surface area is 127 Å². The van der Waals surface area contributed by atoms with Crippen LogP contribution in [0.5, 0.6) is 5.75 Å². The highest BCUT2D eigenvalue weighted by Gasteiger charge is 2.21. The van der Waals surface area contributed by atoms with Crippen LogP contribution in [-0.4, -0.2) is 42.2 Å². The Kier molecular flexibility index (Phi) is 5.43. The van der Waals surface area contributed by atoms with E-state index < -0.39 is 0 Å². The molecule has 2 rings (SSSR count). The average molecular weight is 342 g/mol. The summed E-state index contributed by atoms with van der Waals surface area (Å²) in [6, 6.07) is 5.85. The molecule has 1 aromatic carbocycles. The molecule has 4 nitrogen and oxygen atoms in total. The summed E-state index contributed by atoms with van der Waals surface area (Å²) in [5, 5.41) is 9.59. The van der Waals surface area contributed by atoms with E-state index in [1.807, 2.05) is 18.2 Å². The molecule has 0 aliphatic carbocycles. The Balaban J connectivity index is 1.88. The molecule has 110 valence electrons. The molecule has 0 spiro atoms. The van der Waals surface area contributed by atoms with Gasteiger partial charge in [-0.2, -0.15) is 0 Å². The molecule has 20 heavy (non-hydrogen) atoms. The van der Waals surface area contributed by atoms with Crippen molar-refractivity contribution in [3.63, 3.8) is 0 Å². The van der Waals surface area contributed by atoms with E-state index in [0.717, 1.165) is 35.2 Å². The van der Waals surface area contributed by atoms with Crippen molar-refractivity contribution in [3.8, 4) is 5.75 Å². The number of piperidine rings is 1. The second kappa shape index (κ2) is 7.09. The molecule has 1 aliphatic heterocycles. The van der Waals surface area contributed by atoms with Gasteiger partial charge in [-0.15, -0.1) is 0 Å². The van der Waals surface area contributed by atoms with Gasteiger partial charge in [-0.25, -0.2) is 0 Å². The molecular formula is C15H20BrNO3. The third-order valence-electron chi connectivity index (χ3n) is 3.59. The van der Waals surface area contributed by atoms with Crippen LogP contribution in [0.2, 0.25) is 0 Å². The van der Waals surface area contributed by atoms with Gasteiger partial charge in [0.15, 0.2) is 0 Å². The lowest BCUT2D eigenvalue weighted by Gasteiger charge is -2.30. The van der Waals surface area contributed by atoms with Crippen LogP contribution in [-0.2, 0) is 11.2 Å². The largest absolute Gasteiger partial charge is 0.496 e. The number of benzene rings is 1. The zero-order valence-electron chi connectivity index (χ0n) is 11.6. The first-order valence-corrected chi connectivity index (χ1v) is 7.67. The number of hydrogen-bond donors (Lipinski definition) is 1. The van der Waals surface area contributed by atoms with E-state index in [1.165, 1.54) is 0 Å². The topological polar surface area (TPSA) is 49.8 Å². The van der Waals surface area contributed by atoms with Gasteiger partial charge < -0.3 is 14.7 Å². The van der Waals surface area contributed by atoms with Gasteiger partial charge in [0.2, 0.25) is 5.91 Å². The van der Waals surface area contributed by atoms with Crippen LogP contribution in [0.4, 0.5) is 0 Å². The highest BCUT2D eigenvalue weighted by Crippen LogP contribution is 2.26. The lowest BCUT2D eigenvalue weighted by molar-refractivity contribution is -0.134. The molecule has 0 unspecified atom stereocenters. The van der Waals surface area contributed by atoms with E-state index in [0.29, 0.717) is 19.4 Å². The minimum Gasteiger partial charge on any atom is -0.496 e. The maximum atomic E-state index is 12.1. The predicted molar refractivity (Wildman–Crippen MR) is 80.8 cm³/mol. The number of hydrogen-bond acceptors (Lipinski definition) is 3. The van der Waals surface area contributed by atoms with Crippen LogP contribution in [0.15, 0.2) is 22.7 Å². The van der Waals surface area contributed by atoms with Crippen molar-refractivity contribution in [3.05, 3.63) is 28.2 Å². The number of halogens is 1. The van der Waals surface area contributed by atoms with Crippen LogP contribution < -0.4 is 4.74 Å². The van der Waals surface area contributed by atoms with Crippen LogP contribution in [0.1, 0.15) is 24.8 Å². The number of aryl methyl sites for hydroxylation is 1. The summed E-state index contributed by atoms with van der Waals surface area (Å²) in [6.45, 7) is 1.24. The molecule has 1 aliphatic rings. The molecule has 0 bridgehead atoms. The summed E-state index contributed by atoms with van der Waals surface area (Å²) in [5.41, 5.74) is 1.10. The number of nitrogens with zero attached hydrogens (tertiary/aromatic N) is 1. The van der Waals surface area contributed by atoms with Gasteiger partial charge in [-0.1, -0.05) is 6.07 Å². The minimum atomic E-state index is -0.358. The number of β-amino-alcohol motifs (C(OH)–C–C–N with tert-alkyl or cyclic N) is 1. The predicted octanol–water partition coefficient (Wildman–Crippen LogP) is 2.37. The number of methoxy groups -OCH3 is 1. The van der Waals surface area contributed by atoms with Crippen molar-refractivity contribution in [2.45, 2.75) is 31.8 Å². The summed E-state index contributed by atoms with van der Waals surface area (Å²) in [6.07, 6.45) is 2.51. The number of amides is 1. The van der Waals surface area contributed by atoms with Crippen molar-refractivity contribution in [2.24, 2.45) is 0 Å². The first-order chi connectivity index (χ1) is 9.60. The Morgan fingerprint density at radius 2 is 2.35 bits per heavy atom. The highest BCUT2D eigenvalue weighted by molar-refractivity contribution is 9.10. The fraction of sp³-hybridized carbons (Fsp3) is 0.533. The normalized spacial score (nSPS) is 18.9. The van der Waals surface area contributed by atoms with E-state index in [-0.39, 0.29) is 12.0 Å².